The summed E-state index contributed by atoms with van der Waals surface area (Å²) in [6, 6.07) is 8.18. The lowest BCUT2D eigenvalue weighted by atomic mass is 10.2. The van der Waals surface area contributed by atoms with Gasteiger partial charge in [-0.2, -0.15) is 10.2 Å². The Balaban J connectivity index is 1.81. The largest absolute Gasteiger partial charge is 0.420 e. The van der Waals surface area contributed by atoms with Crippen LogP contribution in [0.4, 0.5) is 10.3 Å². The van der Waals surface area contributed by atoms with E-state index < -0.39 is 0 Å². The van der Waals surface area contributed by atoms with Gasteiger partial charge in [0.25, 0.3) is 0 Å². The maximum Gasteiger partial charge on any atom is 0.235 e. The van der Waals surface area contributed by atoms with Gasteiger partial charge in [-0.05, 0) is 23.8 Å². The summed E-state index contributed by atoms with van der Waals surface area (Å²) < 4.78 is 18.6. The summed E-state index contributed by atoms with van der Waals surface area (Å²) >= 11 is 0. The monoisotopic (exact) mass is 298 g/mol. The molecule has 1 aromatic heterocycles. The lowest BCUT2D eigenvalue weighted by molar-refractivity contribution is 0.498. The fraction of sp³-hybridized carbons (Fsp3) is 0.250. The second kappa shape index (κ2) is 6.41. The van der Waals surface area contributed by atoms with Gasteiger partial charge in [0.2, 0.25) is 17.5 Å². The number of hydrogen-bond acceptors (Lipinski definition) is 5. The lowest BCUT2D eigenvalue weighted by Crippen LogP contribution is -2.43. The summed E-state index contributed by atoms with van der Waals surface area (Å²) in [6.07, 6.45) is 3.45. The molecule has 1 fully saturated rings. The molecule has 112 valence electrons. The van der Waals surface area contributed by atoms with Gasteiger partial charge >= 0.3 is 0 Å². The van der Waals surface area contributed by atoms with Crippen LogP contribution in [0.5, 0.6) is 0 Å². The molecule has 0 bridgehead atoms. The van der Waals surface area contributed by atoms with Crippen molar-refractivity contribution in [2.75, 3.05) is 31.1 Å². The summed E-state index contributed by atoms with van der Waals surface area (Å²) in [5, 5.41) is 12.4. The average molecular weight is 298 g/mol. The fourth-order valence-electron chi connectivity index (χ4n) is 2.30. The smallest absolute Gasteiger partial charge is 0.235 e. The van der Waals surface area contributed by atoms with E-state index in [0.29, 0.717) is 17.5 Å². The standard InChI is InChI=1S/C16H15FN4O/c17-13-4-1-12(2-5-13)3-6-15-20-14(11-18)16(22-15)21-9-7-19-8-10-21/h1-6,19H,7-10H2. The van der Waals surface area contributed by atoms with Gasteiger partial charge in [-0.1, -0.05) is 12.1 Å². The SMILES string of the molecule is N#Cc1nc(C=Cc2ccc(F)cc2)oc1N1CCNCC1. The van der Waals surface area contributed by atoms with E-state index in [1.165, 1.54) is 12.1 Å². The molecule has 2 heterocycles. The number of nitrogens with zero attached hydrogens (tertiary/aromatic N) is 3. The molecule has 1 aliphatic rings. The summed E-state index contributed by atoms with van der Waals surface area (Å²) in [6.45, 7) is 3.27. The van der Waals surface area contributed by atoms with Gasteiger partial charge in [-0.25, -0.2) is 4.39 Å². The molecule has 1 N–H and O–H groups in total. The third-order valence-corrected chi connectivity index (χ3v) is 3.42. The molecule has 6 heteroatoms. The Kier molecular flexibility index (Phi) is 4.17. The van der Waals surface area contributed by atoms with Gasteiger partial charge in [0.05, 0.1) is 0 Å². The first-order chi connectivity index (χ1) is 10.8. The van der Waals surface area contributed by atoms with Crippen LogP contribution < -0.4 is 10.2 Å². The summed E-state index contributed by atoms with van der Waals surface area (Å²) in [5.74, 6) is 0.609. The molecule has 1 aromatic carbocycles. The minimum Gasteiger partial charge on any atom is -0.420 e. The number of aromatic nitrogens is 1. The molecule has 0 unspecified atom stereocenters. The van der Waals surface area contributed by atoms with E-state index in [-0.39, 0.29) is 5.82 Å². The first-order valence-corrected chi connectivity index (χ1v) is 7.06. The van der Waals surface area contributed by atoms with Crippen LogP contribution in [-0.4, -0.2) is 31.2 Å². The number of hydrogen-bond donors (Lipinski definition) is 1. The predicted octanol–water partition coefficient (Wildman–Crippen LogP) is 2.27. The minimum absolute atomic E-state index is 0.277. The Morgan fingerprint density at radius 3 is 2.64 bits per heavy atom. The van der Waals surface area contributed by atoms with Crippen molar-refractivity contribution in [1.82, 2.24) is 10.3 Å². The number of halogens is 1. The Morgan fingerprint density at radius 2 is 1.95 bits per heavy atom. The molecule has 0 radical (unpaired) electrons. The van der Waals surface area contributed by atoms with Crippen LogP contribution in [0.2, 0.25) is 0 Å². The van der Waals surface area contributed by atoms with E-state index in [2.05, 4.69) is 16.4 Å². The second-order valence-corrected chi connectivity index (χ2v) is 4.94. The van der Waals surface area contributed by atoms with Crippen molar-refractivity contribution >= 4 is 18.0 Å². The van der Waals surface area contributed by atoms with Gasteiger partial charge < -0.3 is 14.6 Å². The highest BCUT2D eigenvalue weighted by molar-refractivity contribution is 5.67. The zero-order valence-electron chi connectivity index (χ0n) is 11.9. The molecule has 0 aliphatic carbocycles. The van der Waals surface area contributed by atoms with Crippen LogP contribution in [0.25, 0.3) is 12.2 Å². The summed E-state index contributed by atoms with van der Waals surface area (Å²) in [5.41, 5.74) is 1.13. The number of benzene rings is 1. The first-order valence-electron chi connectivity index (χ1n) is 7.06. The molecule has 3 rings (SSSR count). The highest BCUT2D eigenvalue weighted by atomic mass is 19.1. The van der Waals surface area contributed by atoms with E-state index in [1.54, 1.807) is 24.3 Å². The summed E-state index contributed by atoms with van der Waals surface area (Å²) in [4.78, 5) is 6.20. The lowest BCUT2D eigenvalue weighted by Gasteiger charge is -2.26. The molecular weight excluding hydrogens is 283 g/mol. The van der Waals surface area contributed by atoms with Crippen molar-refractivity contribution in [3.05, 3.63) is 47.2 Å². The maximum atomic E-state index is 12.9. The van der Waals surface area contributed by atoms with Gasteiger partial charge in [-0.15, -0.1) is 0 Å². The van der Waals surface area contributed by atoms with Crippen molar-refractivity contribution in [2.24, 2.45) is 0 Å². The fourth-order valence-corrected chi connectivity index (χ4v) is 2.30. The quantitative estimate of drug-likeness (QED) is 0.941. The third-order valence-electron chi connectivity index (χ3n) is 3.42. The molecule has 1 aliphatic heterocycles. The second-order valence-electron chi connectivity index (χ2n) is 4.94. The Hall–Kier alpha value is -2.65. The zero-order chi connectivity index (χ0) is 15.4. The molecular formula is C16H15FN4O. The van der Waals surface area contributed by atoms with Crippen LogP contribution in [0.3, 0.4) is 0 Å². The van der Waals surface area contributed by atoms with Crippen molar-refractivity contribution in [3.8, 4) is 6.07 Å². The highest BCUT2D eigenvalue weighted by Gasteiger charge is 2.20. The zero-order valence-corrected chi connectivity index (χ0v) is 11.9. The number of piperazine rings is 1. The van der Waals surface area contributed by atoms with Crippen LogP contribution in [-0.2, 0) is 0 Å². The van der Waals surface area contributed by atoms with Gasteiger partial charge in [-0.3, -0.25) is 0 Å². The molecule has 0 spiro atoms. The van der Waals surface area contributed by atoms with Crippen LogP contribution >= 0.6 is 0 Å². The van der Waals surface area contributed by atoms with Crippen molar-refractivity contribution in [1.29, 1.82) is 5.26 Å². The van der Waals surface area contributed by atoms with Crippen LogP contribution in [0.1, 0.15) is 17.1 Å². The number of nitriles is 1. The molecule has 0 saturated carbocycles. The molecule has 2 aromatic rings. The van der Waals surface area contributed by atoms with E-state index in [1.807, 2.05) is 4.90 Å². The third kappa shape index (κ3) is 3.15. The number of rotatable bonds is 3. The number of nitrogens with one attached hydrogen (secondary N) is 1. The molecule has 0 amide bonds. The number of anilines is 1. The van der Waals surface area contributed by atoms with E-state index in [4.69, 9.17) is 4.42 Å². The van der Waals surface area contributed by atoms with Crippen molar-refractivity contribution in [3.63, 3.8) is 0 Å². The molecule has 0 atom stereocenters. The topological polar surface area (TPSA) is 65.1 Å². The van der Waals surface area contributed by atoms with Gasteiger partial charge in [0.1, 0.15) is 11.9 Å². The highest BCUT2D eigenvalue weighted by Crippen LogP contribution is 2.23. The Morgan fingerprint density at radius 1 is 1.23 bits per heavy atom. The molecule has 22 heavy (non-hydrogen) atoms. The van der Waals surface area contributed by atoms with Crippen molar-refractivity contribution in [2.45, 2.75) is 0 Å². The number of oxazole rings is 1. The maximum absolute atomic E-state index is 12.9. The van der Waals surface area contributed by atoms with Crippen LogP contribution in [0.15, 0.2) is 28.7 Å². The van der Waals surface area contributed by atoms with Gasteiger partial charge in [0, 0.05) is 32.3 Å². The molecule has 1 saturated heterocycles. The Labute approximate surface area is 127 Å². The molecule has 5 nitrogen and oxygen atoms in total. The normalized spacial score (nSPS) is 15.2. The van der Waals surface area contributed by atoms with E-state index in [0.717, 1.165) is 31.7 Å². The predicted molar refractivity (Wildman–Crippen MR) is 81.6 cm³/mol. The first kappa shape index (κ1) is 14.3. The van der Waals surface area contributed by atoms with Crippen molar-refractivity contribution < 1.29 is 8.81 Å². The summed E-state index contributed by atoms with van der Waals surface area (Å²) in [7, 11) is 0. The van der Waals surface area contributed by atoms with E-state index in [9.17, 15) is 9.65 Å². The van der Waals surface area contributed by atoms with Crippen LogP contribution in [0, 0.1) is 17.1 Å². The minimum atomic E-state index is -0.277. The van der Waals surface area contributed by atoms with E-state index >= 15 is 0 Å². The average Bonchev–Trinajstić information content (AvgIpc) is 2.98. The Bertz CT molecular complexity index is 709. The van der Waals surface area contributed by atoms with Gasteiger partial charge in [0.15, 0.2) is 0 Å².